The minimum Gasteiger partial charge on any atom is -0.393 e. The fourth-order valence-corrected chi connectivity index (χ4v) is 4.95. The molecule has 0 bridgehead atoms. The largest absolute Gasteiger partial charge is 0.393 e. The molecule has 0 spiro atoms. The maximum absolute atomic E-state index is 13.4. The van der Waals surface area contributed by atoms with Gasteiger partial charge in [0.05, 0.1) is 18.2 Å². The van der Waals surface area contributed by atoms with Crippen molar-refractivity contribution in [3.8, 4) is 6.07 Å². The summed E-state index contributed by atoms with van der Waals surface area (Å²) in [6.07, 6.45) is 1.89. The van der Waals surface area contributed by atoms with Crippen molar-refractivity contribution in [1.29, 1.82) is 5.26 Å². The van der Waals surface area contributed by atoms with Gasteiger partial charge in [-0.15, -0.1) is 9.19 Å². The summed E-state index contributed by atoms with van der Waals surface area (Å²) >= 11 is 0. The maximum atomic E-state index is 13.4. The number of nitrogens with zero attached hydrogens (tertiary/aromatic N) is 7. The normalized spacial score (nSPS) is 15.3. The van der Waals surface area contributed by atoms with Gasteiger partial charge in [-0.2, -0.15) is 22.3 Å². The van der Waals surface area contributed by atoms with Crippen LogP contribution in [0.3, 0.4) is 0 Å². The monoisotopic (exact) mass is 495 g/mol. The Kier molecular flexibility index (Phi) is 7.17. The fraction of sp³-hybridized carbons (Fsp3) is 0.474. The summed E-state index contributed by atoms with van der Waals surface area (Å²) < 4.78 is 53.9. The first kappa shape index (κ1) is 24.8. The Labute approximate surface area is 193 Å². The van der Waals surface area contributed by atoms with Gasteiger partial charge in [-0.25, -0.2) is 13.4 Å². The molecule has 0 unspecified atom stereocenters. The first-order valence-corrected chi connectivity index (χ1v) is 12.9. The first-order chi connectivity index (χ1) is 15.5. The van der Waals surface area contributed by atoms with Crippen molar-refractivity contribution in [2.75, 3.05) is 20.6 Å². The number of benzene rings is 1. The lowest BCUT2D eigenvalue weighted by Crippen LogP contribution is -2.38. The third-order valence-corrected chi connectivity index (χ3v) is 7.93. The van der Waals surface area contributed by atoms with Crippen molar-refractivity contribution in [2.24, 2.45) is 5.16 Å². The average Bonchev–Trinajstić information content (AvgIpc) is 3.46. The van der Waals surface area contributed by atoms with Crippen LogP contribution in [0.25, 0.3) is 0 Å². The molecule has 3 rings (SSSR count). The van der Waals surface area contributed by atoms with Crippen LogP contribution in [0, 0.1) is 11.3 Å². The van der Waals surface area contributed by atoms with E-state index >= 15 is 0 Å². The third kappa shape index (κ3) is 5.56. The average molecular weight is 496 g/mol. The van der Waals surface area contributed by atoms with Gasteiger partial charge < -0.3 is 4.84 Å². The number of nitriles is 1. The molecule has 2 aromatic rings. The van der Waals surface area contributed by atoms with Gasteiger partial charge in [-0.05, 0) is 38.8 Å². The quantitative estimate of drug-likeness (QED) is 0.347. The molecule has 1 aliphatic carbocycles. The topological polar surface area (TPSA) is 151 Å². The van der Waals surface area contributed by atoms with E-state index in [1.54, 1.807) is 38.1 Å². The molecule has 1 aliphatic rings. The molecule has 178 valence electrons. The summed E-state index contributed by atoms with van der Waals surface area (Å²) in [6, 6.07) is 8.26. The van der Waals surface area contributed by atoms with Crippen LogP contribution >= 0.6 is 0 Å². The summed E-state index contributed by atoms with van der Waals surface area (Å²) in [5.41, 5.74) is 1.37. The van der Waals surface area contributed by atoms with Crippen molar-refractivity contribution in [1.82, 2.24) is 22.8 Å². The molecular formula is C19H25N7O5S2. The van der Waals surface area contributed by atoms with E-state index in [0.29, 0.717) is 33.8 Å². The van der Waals surface area contributed by atoms with Gasteiger partial charge in [0, 0.05) is 25.7 Å². The molecule has 0 radical (unpaired) electrons. The molecule has 0 saturated heterocycles. The standard InChI is InChI=1S/C19H25N7O5S2/c1-14(2)31-23-18(16-7-5-15(11-20)6-8-16)12-25(17-9-10-17)32(27,28)19-21-13-26(22-19)33(29,30)24(3)4/h5-8,13-14,17H,9-10,12H2,1-4H3/b23-18+. The Morgan fingerprint density at radius 1 is 1.24 bits per heavy atom. The van der Waals surface area contributed by atoms with Crippen LogP contribution in [-0.2, 0) is 25.1 Å². The predicted octanol–water partition coefficient (Wildman–Crippen LogP) is 0.787. The van der Waals surface area contributed by atoms with Gasteiger partial charge in [-0.3, -0.25) is 0 Å². The third-order valence-electron chi connectivity index (χ3n) is 4.67. The molecule has 0 amide bonds. The summed E-state index contributed by atoms with van der Waals surface area (Å²) in [7, 11) is -5.65. The molecule has 33 heavy (non-hydrogen) atoms. The Bertz CT molecular complexity index is 1270. The Balaban J connectivity index is 1.97. The molecule has 1 aromatic carbocycles. The zero-order valence-electron chi connectivity index (χ0n) is 18.7. The molecule has 1 fully saturated rings. The molecule has 1 heterocycles. The number of hydrogen-bond donors (Lipinski definition) is 0. The Morgan fingerprint density at radius 3 is 2.39 bits per heavy atom. The molecule has 0 atom stereocenters. The van der Waals surface area contributed by atoms with E-state index in [9.17, 15) is 16.8 Å². The first-order valence-electron chi connectivity index (χ1n) is 10.1. The van der Waals surface area contributed by atoms with E-state index in [2.05, 4.69) is 15.2 Å². The molecule has 0 N–H and O–H groups in total. The van der Waals surface area contributed by atoms with Crippen molar-refractivity contribution in [2.45, 2.75) is 44.0 Å². The van der Waals surface area contributed by atoms with Gasteiger partial charge >= 0.3 is 10.2 Å². The van der Waals surface area contributed by atoms with E-state index in [1.165, 1.54) is 18.4 Å². The van der Waals surface area contributed by atoms with Gasteiger partial charge in [0.15, 0.2) is 0 Å². The summed E-state index contributed by atoms with van der Waals surface area (Å²) in [4.78, 5) is 9.14. The highest BCUT2D eigenvalue weighted by atomic mass is 32.2. The van der Waals surface area contributed by atoms with Crippen molar-refractivity contribution >= 4 is 25.9 Å². The zero-order valence-corrected chi connectivity index (χ0v) is 20.3. The van der Waals surface area contributed by atoms with Crippen molar-refractivity contribution < 1.29 is 21.7 Å². The maximum Gasteiger partial charge on any atom is 0.323 e. The minimum absolute atomic E-state index is 0.138. The highest BCUT2D eigenvalue weighted by molar-refractivity contribution is 7.89. The van der Waals surface area contributed by atoms with E-state index in [-0.39, 0.29) is 18.7 Å². The smallest absolute Gasteiger partial charge is 0.323 e. The number of rotatable bonds is 10. The second-order valence-corrected chi connectivity index (χ2v) is 11.6. The van der Waals surface area contributed by atoms with Gasteiger partial charge in [0.1, 0.15) is 18.1 Å². The van der Waals surface area contributed by atoms with Crippen LogP contribution in [0.5, 0.6) is 0 Å². The van der Waals surface area contributed by atoms with Crippen LogP contribution in [0.15, 0.2) is 40.9 Å². The van der Waals surface area contributed by atoms with Gasteiger partial charge in [-0.1, -0.05) is 17.3 Å². The summed E-state index contributed by atoms with van der Waals surface area (Å²) in [5, 5.41) is 16.3. The highest BCUT2D eigenvalue weighted by Crippen LogP contribution is 2.31. The fourth-order valence-electron chi connectivity index (χ4n) is 2.74. The number of aromatic nitrogens is 3. The lowest BCUT2D eigenvalue weighted by Gasteiger charge is -2.21. The second kappa shape index (κ2) is 9.56. The predicted molar refractivity (Wildman–Crippen MR) is 119 cm³/mol. The second-order valence-electron chi connectivity index (χ2n) is 7.85. The SMILES string of the molecule is CC(C)O/N=C(\CN(C1CC1)S(=O)(=O)c1ncn(S(=O)(=O)N(C)C)n1)c1ccc(C#N)cc1. The van der Waals surface area contributed by atoms with Gasteiger partial charge in [0.2, 0.25) is 0 Å². The van der Waals surface area contributed by atoms with Gasteiger partial charge in [0.25, 0.3) is 15.2 Å². The molecule has 1 saturated carbocycles. The Hall–Kier alpha value is -2.86. The van der Waals surface area contributed by atoms with Crippen molar-refractivity contribution in [3.05, 3.63) is 41.7 Å². The van der Waals surface area contributed by atoms with Crippen LogP contribution in [0.2, 0.25) is 0 Å². The minimum atomic E-state index is -4.24. The molecule has 1 aromatic heterocycles. The molecule has 12 nitrogen and oxygen atoms in total. The summed E-state index contributed by atoms with van der Waals surface area (Å²) in [5.74, 6) is 0. The van der Waals surface area contributed by atoms with Crippen LogP contribution in [-0.4, -0.2) is 78.1 Å². The number of oxime groups is 1. The van der Waals surface area contributed by atoms with E-state index in [4.69, 9.17) is 10.1 Å². The van der Waals surface area contributed by atoms with Crippen LogP contribution in [0.1, 0.15) is 37.8 Å². The van der Waals surface area contributed by atoms with Crippen molar-refractivity contribution in [3.63, 3.8) is 0 Å². The Morgan fingerprint density at radius 2 is 1.88 bits per heavy atom. The molecule has 0 aliphatic heterocycles. The number of hydrogen-bond acceptors (Lipinski definition) is 9. The van der Waals surface area contributed by atoms with E-state index < -0.39 is 25.4 Å². The summed E-state index contributed by atoms with van der Waals surface area (Å²) in [6.45, 7) is 3.44. The number of sulfonamides is 1. The highest BCUT2D eigenvalue weighted by Gasteiger charge is 2.41. The van der Waals surface area contributed by atoms with Crippen LogP contribution in [0.4, 0.5) is 0 Å². The lowest BCUT2D eigenvalue weighted by atomic mass is 10.1. The lowest BCUT2D eigenvalue weighted by molar-refractivity contribution is 0.0854. The van der Waals surface area contributed by atoms with E-state index in [1.807, 2.05) is 6.07 Å². The van der Waals surface area contributed by atoms with Crippen LogP contribution < -0.4 is 0 Å². The molecular weight excluding hydrogens is 470 g/mol. The van der Waals surface area contributed by atoms with E-state index in [0.717, 1.165) is 10.6 Å². The zero-order chi connectivity index (χ0) is 24.4. The molecule has 14 heteroatoms.